The van der Waals surface area contributed by atoms with Crippen LogP contribution < -0.4 is 10.9 Å². The van der Waals surface area contributed by atoms with Gasteiger partial charge in [-0.15, -0.1) is 11.3 Å². The Bertz CT molecular complexity index is 568. The molecule has 0 aliphatic heterocycles. The third-order valence-corrected chi connectivity index (χ3v) is 3.30. The van der Waals surface area contributed by atoms with E-state index in [9.17, 15) is 4.79 Å². The largest absolute Gasteiger partial charge is 0.316 e. The van der Waals surface area contributed by atoms with Crippen molar-refractivity contribution in [1.82, 2.24) is 9.88 Å². The second-order valence-electron chi connectivity index (χ2n) is 3.73. The second kappa shape index (κ2) is 4.63. The Labute approximate surface area is 98.0 Å². The van der Waals surface area contributed by atoms with E-state index in [2.05, 4.69) is 11.9 Å². The molecule has 4 heteroatoms. The fourth-order valence-electron chi connectivity index (χ4n) is 1.68. The molecule has 2 aromatic rings. The van der Waals surface area contributed by atoms with E-state index in [4.69, 9.17) is 0 Å². The maximum absolute atomic E-state index is 12.0. The van der Waals surface area contributed by atoms with E-state index in [1.165, 1.54) is 0 Å². The summed E-state index contributed by atoms with van der Waals surface area (Å²) in [6.45, 7) is 5.23. The number of hydrogen-bond donors (Lipinski definition) is 1. The molecule has 2 rings (SSSR count). The third kappa shape index (κ3) is 2.08. The van der Waals surface area contributed by atoms with E-state index < -0.39 is 0 Å². The monoisotopic (exact) mass is 234 g/mol. The molecule has 84 valence electrons. The summed E-state index contributed by atoms with van der Waals surface area (Å²) in [4.78, 5) is 12.0. The van der Waals surface area contributed by atoms with Crippen LogP contribution in [-0.4, -0.2) is 18.2 Å². The van der Waals surface area contributed by atoms with E-state index in [0.717, 1.165) is 22.2 Å². The summed E-state index contributed by atoms with van der Waals surface area (Å²) < 4.78 is 2.75. The molecule has 2 aromatic heterocycles. The zero-order valence-corrected chi connectivity index (χ0v) is 10.0. The Morgan fingerprint density at radius 3 is 3.12 bits per heavy atom. The molecule has 0 amide bonds. The molecule has 0 radical (unpaired) electrons. The normalized spacial score (nSPS) is 10.8. The van der Waals surface area contributed by atoms with E-state index in [1.807, 2.05) is 30.8 Å². The number of fused-ring (bicyclic) bond motifs is 1. The molecule has 0 fully saturated rings. The molecule has 0 aromatic carbocycles. The molecular weight excluding hydrogens is 220 g/mol. The van der Waals surface area contributed by atoms with Gasteiger partial charge in [-0.05, 0) is 30.1 Å². The molecule has 16 heavy (non-hydrogen) atoms. The number of thiophene rings is 1. The van der Waals surface area contributed by atoms with Gasteiger partial charge in [0.1, 0.15) is 0 Å². The van der Waals surface area contributed by atoms with E-state index in [1.54, 1.807) is 15.9 Å². The average Bonchev–Trinajstić information content (AvgIpc) is 2.71. The van der Waals surface area contributed by atoms with Crippen molar-refractivity contribution in [2.24, 2.45) is 0 Å². The van der Waals surface area contributed by atoms with Gasteiger partial charge in [-0.25, -0.2) is 0 Å². The number of pyridine rings is 1. The average molecular weight is 234 g/mol. The number of aromatic nitrogens is 1. The highest BCUT2D eigenvalue weighted by molar-refractivity contribution is 7.17. The lowest BCUT2D eigenvalue weighted by Gasteiger charge is -2.08. The standard InChI is InChI=1S/C12H14N2OS/c1-9(7-13-2)8-14-5-3-11-10(12(14)15)4-6-16-11/h3-6,13H,1,7-8H2,2H3. The smallest absolute Gasteiger partial charge is 0.259 e. The zero-order valence-electron chi connectivity index (χ0n) is 9.19. The van der Waals surface area contributed by atoms with Crippen molar-refractivity contribution in [1.29, 1.82) is 0 Å². The van der Waals surface area contributed by atoms with Crippen molar-refractivity contribution in [2.45, 2.75) is 6.54 Å². The van der Waals surface area contributed by atoms with Crippen LogP contribution in [0.4, 0.5) is 0 Å². The fraction of sp³-hybridized carbons (Fsp3) is 0.250. The number of rotatable bonds is 4. The summed E-state index contributed by atoms with van der Waals surface area (Å²) in [6.07, 6.45) is 1.84. The predicted molar refractivity (Wildman–Crippen MR) is 69.2 cm³/mol. The van der Waals surface area contributed by atoms with Crippen molar-refractivity contribution in [3.05, 3.63) is 46.2 Å². The maximum Gasteiger partial charge on any atom is 0.259 e. The summed E-state index contributed by atoms with van der Waals surface area (Å²) in [7, 11) is 1.87. The predicted octanol–water partition coefficient (Wildman–Crippen LogP) is 1.84. The Hall–Kier alpha value is -1.39. The van der Waals surface area contributed by atoms with Crippen LogP contribution in [0.1, 0.15) is 0 Å². The van der Waals surface area contributed by atoms with Gasteiger partial charge in [0.05, 0.1) is 5.39 Å². The Kier molecular flexibility index (Phi) is 3.22. The van der Waals surface area contributed by atoms with E-state index >= 15 is 0 Å². The number of nitrogens with zero attached hydrogens (tertiary/aromatic N) is 1. The van der Waals surface area contributed by atoms with Crippen molar-refractivity contribution in [2.75, 3.05) is 13.6 Å². The van der Waals surface area contributed by atoms with Crippen LogP contribution in [0.25, 0.3) is 10.1 Å². The van der Waals surface area contributed by atoms with Gasteiger partial charge in [0, 0.05) is 24.0 Å². The molecule has 0 saturated heterocycles. The Balaban J connectivity index is 2.34. The lowest BCUT2D eigenvalue weighted by molar-refractivity contribution is 0.717. The van der Waals surface area contributed by atoms with Gasteiger partial charge in [0.15, 0.2) is 0 Å². The minimum atomic E-state index is 0.0657. The first-order valence-corrected chi connectivity index (χ1v) is 5.98. The first kappa shape index (κ1) is 11.1. The fourth-order valence-corrected chi connectivity index (χ4v) is 2.45. The van der Waals surface area contributed by atoms with Crippen LogP contribution in [0.15, 0.2) is 40.7 Å². The highest BCUT2D eigenvalue weighted by Gasteiger charge is 2.04. The summed E-state index contributed by atoms with van der Waals surface area (Å²) in [6, 6.07) is 3.85. The summed E-state index contributed by atoms with van der Waals surface area (Å²) in [5.41, 5.74) is 1.06. The van der Waals surface area contributed by atoms with E-state index in [0.29, 0.717) is 6.54 Å². The number of hydrogen-bond acceptors (Lipinski definition) is 3. The van der Waals surface area contributed by atoms with Crippen LogP contribution in [0.2, 0.25) is 0 Å². The molecular formula is C12H14N2OS. The van der Waals surface area contributed by atoms with Crippen LogP contribution in [0.5, 0.6) is 0 Å². The molecule has 0 unspecified atom stereocenters. The van der Waals surface area contributed by atoms with Crippen LogP contribution >= 0.6 is 11.3 Å². The number of nitrogens with one attached hydrogen (secondary N) is 1. The molecule has 1 N–H and O–H groups in total. The summed E-state index contributed by atoms with van der Waals surface area (Å²) in [5, 5.41) is 5.77. The van der Waals surface area contributed by atoms with Gasteiger partial charge in [-0.3, -0.25) is 4.79 Å². The number of likely N-dealkylation sites (N-methyl/N-ethyl adjacent to an activating group) is 1. The molecule has 0 saturated carbocycles. The van der Waals surface area contributed by atoms with Gasteiger partial charge in [-0.2, -0.15) is 0 Å². The van der Waals surface area contributed by atoms with Crippen molar-refractivity contribution >= 4 is 21.4 Å². The molecule has 0 aliphatic carbocycles. The van der Waals surface area contributed by atoms with Crippen LogP contribution in [-0.2, 0) is 6.54 Å². The first-order chi connectivity index (χ1) is 7.72. The Morgan fingerprint density at radius 2 is 2.38 bits per heavy atom. The van der Waals surface area contributed by atoms with Crippen LogP contribution in [0, 0.1) is 0 Å². The topological polar surface area (TPSA) is 34.0 Å². The minimum absolute atomic E-state index is 0.0657. The van der Waals surface area contributed by atoms with Gasteiger partial charge in [-0.1, -0.05) is 6.58 Å². The Morgan fingerprint density at radius 1 is 1.56 bits per heavy atom. The lowest BCUT2D eigenvalue weighted by atomic mass is 10.2. The summed E-state index contributed by atoms with van der Waals surface area (Å²) in [5.74, 6) is 0. The maximum atomic E-state index is 12.0. The van der Waals surface area contributed by atoms with Gasteiger partial charge in [0.2, 0.25) is 0 Å². The third-order valence-electron chi connectivity index (χ3n) is 2.41. The molecule has 0 bridgehead atoms. The molecule has 3 nitrogen and oxygen atoms in total. The highest BCUT2D eigenvalue weighted by atomic mass is 32.1. The van der Waals surface area contributed by atoms with Crippen molar-refractivity contribution < 1.29 is 0 Å². The SMILES string of the molecule is C=C(CNC)Cn1ccc2sccc2c1=O. The van der Waals surface area contributed by atoms with E-state index in [-0.39, 0.29) is 5.56 Å². The van der Waals surface area contributed by atoms with Crippen molar-refractivity contribution in [3.63, 3.8) is 0 Å². The minimum Gasteiger partial charge on any atom is -0.316 e. The molecule has 0 spiro atoms. The van der Waals surface area contributed by atoms with Crippen molar-refractivity contribution in [3.8, 4) is 0 Å². The highest BCUT2D eigenvalue weighted by Crippen LogP contribution is 2.16. The van der Waals surface area contributed by atoms with Gasteiger partial charge >= 0.3 is 0 Å². The lowest BCUT2D eigenvalue weighted by Crippen LogP contribution is -2.22. The second-order valence-corrected chi connectivity index (χ2v) is 4.68. The van der Waals surface area contributed by atoms with Crippen LogP contribution in [0.3, 0.4) is 0 Å². The van der Waals surface area contributed by atoms with Gasteiger partial charge in [0.25, 0.3) is 5.56 Å². The molecule has 0 aliphatic rings. The summed E-state index contributed by atoms with van der Waals surface area (Å²) >= 11 is 1.59. The first-order valence-electron chi connectivity index (χ1n) is 5.10. The van der Waals surface area contributed by atoms with Gasteiger partial charge < -0.3 is 9.88 Å². The molecule has 0 atom stereocenters. The molecule has 2 heterocycles. The zero-order chi connectivity index (χ0) is 11.5. The quantitative estimate of drug-likeness (QED) is 0.819.